The number of nitrogens with zero attached hydrogens (tertiary/aromatic N) is 2. The molecule has 2 aromatic heterocycles. The van der Waals surface area contributed by atoms with Crippen molar-refractivity contribution in [1.29, 1.82) is 0 Å². The number of nitrogens with one attached hydrogen (secondary N) is 2. The summed E-state index contributed by atoms with van der Waals surface area (Å²) in [5.41, 5.74) is 2.40. The number of pyridine rings is 1. The van der Waals surface area contributed by atoms with Gasteiger partial charge in [0, 0.05) is 28.9 Å². The summed E-state index contributed by atoms with van der Waals surface area (Å²) in [5.74, 6) is 0.611. The van der Waals surface area contributed by atoms with E-state index in [0.29, 0.717) is 5.56 Å². The van der Waals surface area contributed by atoms with Crippen LogP contribution < -0.4 is 10.6 Å². The van der Waals surface area contributed by atoms with Gasteiger partial charge in [0.15, 0.2) is 0 Å². The molecular formula is C15H20N4OS. The van der Waals surface area contributed by atoms with E-state index in [-0.39, 0.29) is 11.9 Å². The molecule has 0 fully saturated rings. The first kappa shape index (κ1) is 15.4. The highest BCUT2D eigenvalue weighted by atomic mass is 32.1. The molecule has 0 spiro atoms. The van der Waals surface area contributed by atoms with Crippen LogP contribution in [0, 0.1) is 13.8 Å². The predicted molar refractivity (Wildman–Crippen MR) is 85.9 cm³/mol. The van der Waals surface area contributed by atoms with Gasteiger partial charge in [-0.15, -0.1) is 11.3 Å². The highest BCUT2D eigenvalue weighted by Crippen LogP contribution is 2.18. The van der Waals surface area contributed by atoms with Gasteiger partial charge in [0.05, 0.1) is 6.04 Å². The Bertz CT molecular complexity index is 638. The number of amides is 1. The summed E-state index contributed by atoms with van der Waals surface area (Å²) < 4.78 is 0. The predicted octanol–water partition coefficient (Wildman–Crippen LogP) is 3.08. The van der Waals surface area contributed by atoms with E-state index in [1.54, 1.807) is 23.5 Å². The van der Waals surface area contributed by atoms with E-state index < -0.39 is 0 Å². The Morgan fingerprint density at radius 2 is 2.05 bits per heavy atom. The number of carbonyl (C=O) groups excluding carboxylic acids is 1. The molecule has 0 aromatic carbocycles. The van der Waals surface area contributed by atoms with Crippen molar-refractivity contribution in [3.63, 3.8) is 0 Å². The van der Waals surface area contributed by atoms with Crippen LogP contribution in [0.1, 0.15) is 46.6 Å². The maximum atomic E-state index is 12.4. The Labute approximate surface area is 128 Å². The van der Waals surface area contributed by atoms with E-state index in [2.05, 4.69) is 20.6 Å². The van der Waals surface area contributed by atoms with Crippen molar-refractivity contribution in [3.05, 3.63) is 39.5 Å². The number of hydrogen-bond donors (Lipinski definition) is 2. The number of aryl methyl sites for hydroxylation is 2. The minimum Gasteiger partial charge on any atom is -0.370 e. The van der Waals surface area contributed by atoms with Crippen molar-refractivity contribution in [2.24, 2.45) is 0 Å². The Morgan fingerprint density at radius 1 is 1.29 bits per heavy atom. The fourth-order valence-electron chi connectivity index (χ4n) is 1.98. The molecule has 5 nitrogen and oxygen atoms in total. The fourth-order valence-corrected chi connectivity index (χ4v) is 2.79. The van der Waals surface area contributed by atoms with E-state index in [9.17, 15) is 4.79 Å². The minimum absolute atomic E-state index is 0.104. The Balaban J connectivity index is 2.12. The molecule has 0 saturated heterocycles. The third-order valence-electron chi connectivity index (χ3n) is 2.93. The smallest absolute Gasteiger partial charge is 0.252 e. The quantitative estimate of drug-likeness (QED) is 0.891. The largest absolute Gasteiger partial charge is 0.370 e. The summed E-state index contributed by atoms with van der Waals surface area (Å²) in [6.45, 7) is 8.53. The lowest BCUT2D eigenvalue weighted by molar-refractivity contribution is 0.0939. The molecule has 0 saturated carbocycles. The van der Waals surface area contributed by atoms with Crippen LogP contribution in [0.3, 0.4) is 0 Å². The maximum Gasteiger partial charge on any atom is 0.252 e. The molecule has 6 heteroatoms. The van der Waals surface area contributed by atoms with Crippen LogP contribution in [-0.4, -0.2) is 22.4 Å². The first-order valence-corrected chi connectivity index (χ1v) is 7.83. The fraction of sp³-hybridized carbons (Fsp3) is 0.400. The number of carbonyl (C=O) groups is 1. The Morgan fingerprint density at radius 3 is 2.67 bits per heavy atom. The van der Waals surface area contributed by atoms with Crippen LogP contribution in [0.15, 0.2) is 17.5 Å². The first-order valence-electron chi connectivity index (χ1n) is 6.95. The summed E-state index contributed by atoms with van der Waals surface area (Å²) in [5, 5.41) is 9.01. The molecule has 1 amide bonds. The average Bonchev–Trinajstić information content (AvgIpc) is 2.85. The Hall–Kier alpha value is -1.95. The molecule has 1 atom stereocenters. The molecule has 0 aliphatic heterocycles. The van der Waals surface area contributed by atoms with Gasteiger partial charge in [0.1, 0.15) is 10.8 Å². The third kappa shape index (κ3) is 4.01. The van der Waals surface area contributed by atoms with Crippen molar-refractivity contribution in [2.75, 3.05) is 11.9 Å². The van der Waals surface area contributed by atoms with E-state index >= 15 is 0 Å². The topological polar surface area (TPSA) is 66.9 Å². The summed E-state index contributed by atoms with van der Waals surface area (Å²) >= 11 is 1.56. The molecule has 2 N–H and O–H groups in total. The second-order valence-corrected chi connectivity index (χ2v) is 5.82. The minimum atomic E-state index is -0.111. The molecule has 112 valence electrons. The number of rotatable bonds is 5. The molecule has 1 unspecified atom stereocenters. The molecule has 2 heterocycles. The van der Waals surface area contributed by atoms with Crippen LogP contribution >= 0.6 is 11.3 Å². The lowest BCUT2D eigenvalue weighted by atomic mass is 10.2. The van der Waals surface area contributed by atoms with E-state index in [1.165, 1.54) is 0 Å². The summed E-state index contributed by atoms with van der Waals surface area (Å²) in [7, 11) is 0. The van der Waals surface area contributed by atoms with Crippen molar-refractivity contribution in [3.8, 4) is 0 Å². The van der Waals surface area contributed by atoms with Gasteiger partial charge in [-0.05, 0) is 39.8 Å². The highest BCUT2D eigenvalue weighted by molar-refractivity contribution is 7.09. The second kappa shape index (κ2) is 6.67. The molecule has 0 bridgehead atoms. The van der Waals surface area contributed by atoms with Gasteiger partial charge in [-0.25, -0.2) is 9.97 Å². The van der Waals surface area contributed by atoms with Gasteiger partial charge in [0.25, 0.3) is 5.91 Å². The van der Waals surface area contributed by atoms with E-state index in [4.69, 9.17) is 0 Å². The van der Waals surface area contributed by atoms with Gasteiger partial charge in [-0.2, -0.15) is 0 Å². The lowest BCUT2D eigenvalue weighted by Gasteiger charge is -2.12. The summed E-state index contributed by atoms with van der Waals surface area (Å²) in [4.78, 5) is 21.1. The van der Waals surface area contributed by atoms with Crippen molar-refractivity contribution in [2.45, 2.75) is 33.7 Å². The SMILES string of the molecule is CCNc1cc(C(=O)NC(C)c2nc(C)cs2)cc(C)n1. The highest BCUT2D eigenvalue weighted by Gasteiger charge is 2.15. The standard InChI is InChI=1S/C15H20N4OS/c1-5-16-13-7-12(6-9(2)17-13)14(20)19-11(4)15-18-10(3)8-21-15/h6-8,11H,5H2,1-4H3,(H,16,17)(H,19,20). The molecule has 0 radical (unpaired) electrons. The Kier molecular flexibility index (Phi) is 4.90. The number of thiazole rings is 1. The van der Waals surface area contributed by atoms with Crippen LogP contribution in [0.2, 0.25) is 0 Å². The molecule has 0 aliphatic carbocycles. The maximum absolute atomic E-state index is 12.4. The summed E-state index contributed by atoms with van der Waals surface area (Å²) in [6, 6.07) is 3.45. The van der Waals surface area contributed by atoms with Crippen LogP contribution in [0.5, 0.6) is 0 Å². The van der Waals surface area contributed by atoms with Crippen molar-refractivity contribution >= 4 is 23.1 Å². The number of anilines is 1. The monoisotopic (exact) mass is 304 g/mol. The van der Waals surface area contributed by atoms with E-state index in [0.717, 1.165) is 28.8 Å². The normalized spacial score (nSPS) is 12.0. The third-order valence-corrected chi connectivity index (χ3v) is 4.07. The lowest BCUT2D eigenvalue weighted by Crippen LogP contribution is -2.27. The van der Waals surface area contributed by atoms with Gasteiger partial charge >= 0.3 is 0 Å². The average molecular weight is 304 g/mol. The molecular weight excluding hydrogens is 284 g/mol. The molecule has 0 aliphatic rings. The zero-order valence-electron chi connectivity index (χ0n) is 12.7. The van der Waals surface area contributed by atoms with Gasteiger partial charge in [-0.3, -0.25) is 4.79 Å². The van der Waals surface area contributed by atoms with Crippen molar-refractivity contribution in [1.82, 2.24) is 15.3 Å². The number of aromatic nitrogens is 2. The summed E-state index contributed by atoms with van der Waals surface area (Å²) in [6.07, 6.45) is 0. The first-order chi connectivity index (χ1) is 9.99. The zero-order valence-corrected chi connectivity index (χ0v) is 13.5. The van der Waals surface area contributed by atoms with Crippen LogP contribution in [-0.2, 0) is 0 Å². The van der Waals surface area contributed by atoms with Crippen LogP contribution in [0.4, 0.5) is 5.82 Å². The van der Waals surface area contributed by atoms with Crippen molar-refractivity contribution < 1.29 is 4.79 Å². The van der Waals surface area contributed by atoms with Crippen LogP contribution in [0.25, 0.3) is 0 Å². The number of hydrogen-bond acceptors (Lipinski definition) is 5. The van der Waals surface area contributed by atoms with Gasteiger partial charge < -0.3 is 10.6 Å². The molecule has 21 heavy (non-hydrogen) atoms. The molecule has 2 aromatic rings. The molecule has 2 rings (SSSR count). The van der Waals surface area contributed by atoms with Gasteiger partial charge in [0.2, 0.25) is 0 Å². The van der Waals surface area contributed by atoms with Gasteiger partial charge in [-0.1, -0.05) is 0 Å². The van der Waals surface area contributed by atoms with E-state index in [1.807, 2.05) is 33.1 Å². The zero-order chi connectivity index (χ0) is 15.4. The second-order valence-electron chi connectivity index (χ2n) is 4.94.